The maximum Gasteiger partial charge on any atom is 0.317 e. The Labute approximate surface area is 156 Å². The van der Waals surface area contributed by atoms with Gasteiger partial charge in [-0.05, 0) is 24.6 Å². The van der Waals surface area contributed by atoms with Crippen molar-refractivity contribution in [2.45, 2.75) is 19.1 Å². The summed E-state index contributed by atoms with van der Waals surface area (Å²) in [7, 11) is 1.65. The Kier molecular flexibility index (Phi) is 5.44. The van der Waals surface area contributed by atoms with E-state index in [0.717, 1.165) is 0 Å². The summed E-state index contributed by atoms with van der Waals surface area (Å²) in [4.78, 5) is 24.4. The lowest BCUT2D eigenvalue weighted by Crippen LogP contribution is -2.45. The number of urea groups is 1. The molecule has 1 heterocycles. The normalized spacial score (nSPS) is 16.3. The number of carbonyl (C=O) groups excluding carboxylic acids is 1. The number of nitrogens with zero attached hydrogens (tertiary/aromatic N) is 2. The van der Waals surface area contributed by atoms with Crippen LogP contribution in [0.4, 0.5) is 10.5 Å². The summed E-state index contributed by atoms with van der Waals surface area (Å²) in [6.45, 7) is 2.45. The van der Waals surface area contributed by atoms with Crippen LogP contribution in [-0.2, 0) is 0 Å². The summed E-state index contributed by atoms with van der Waals surface area (Å²) in [6.07, 6.45) is -0.287. The largest absolute Gasteiger partial charge is 0.486 e. The molecule has 0 saturated carbocycles. The van der Waals surface area contributed by atoms with Crippen LogP contribution in [0.1, 0.15) is 18.5 Å². The Morgan fingerprint density at radius 2 is 2.04 bits per heavy atom. The van der Waals surface area contributed by atoms with E-state index >= 15 is 0 Å². The van der Waals surface area contributed by atoms with Crippen molar-refractivity contribution in [3.05, 3.63) is 64.2 Å². The second-order valence-corrected chi connectivity index (χ2v) is 6.32. The third-order valence-electron chi connectivity index (χ3n) is 4.51. The van der Waals surface area contributed by atoms with Crippen LogP contribution in [0, 0.1) is 10.1 Å². The van der Waals surface area contributed by atoms with E-state index in [1.54, 1.807) is 19.2 Å². The van der Waals surface area contributed by atoms with Crippen LogP contribution < -0.4 is 14.8 Å². The molecule has 2 amide bonds. The third kappa shape index (κ3) is 4.28. The first-order chi connectivity index (χ1) is 13.0. The van der Waals surface area contributed by atoms with E-state index in [4.69, 9.17) is 9.47 Å². The van der Waals surface area contributed by atoms with Crippen molar-refractivity contribution < 1.29 is 19.2 Å². The van der Waals surface area contributed by atoms with Gasteiger partial charge in [0.2, 0.25) is 0 Å². The average Bonchev–Trinajstić information content (AvgIpc) is 2.70. The molecule has 0 bridgehead atoms. The van der Waals surface area contributed by atoms with E-state index in [1.807, 2.05) is 31.2 Å². The molecular formula is C19H21N3O5. The maximum absolute atomic E-state index is 12.4. The number of non-ortho nitro benzene ring substituents is 1. The van der Waals surface area contributed by atoms with Crippen molar-refractivity contribution in [2.24, 2.45) is 0 Å². The minimum absolute atomic E-state index is 0.000391. The van der Waals surface area contributed by atoms with Gasteiger partial charge in [-0.25, -0.2) is 4.79 Å². The number of carbonyl (C=O) groups is 1. The zero-order chi connectivity index (χ0) is 19.4. The molecule has 0 fully saturated rings. The minimum atomic E-state index is -0.450. The molecule has 1 N–H and O–H groups in total. The average molecular weight is 371 g/mol. The minimum Gasteiger partial charge on any atom is -0.486 e. The predicted octanol–water partition coefficient (Wildman–Crippen LogP) is 3.14. The smallest absolute Gasteiger partial charge is 0.317 e. The lowest BCUT2D eigenvalue weighted by Gasteiger charge is -2.29. The molecule has 8 nitrogen and oxygen atoms in total. The van der Waals surface area contributed by atoms with Gasteiger partial charge in [0.1, 0.15) is 6.61 Å². The van der Waals surface area contributed by atoms with Crippen molar-refractivity contribution >= 4 is 11.7 Å². The van der Waals surface area contributed by atoms with Gasteiger partial charge in [0.25, 0.3) is 5.69 Å². The number of para-hydroxylation sites is 2. The van der Waals surface area contributed by atoms with Gasteiger partial charge < -0.3 is 19.7 Å². The van der Waals surface area contributed by atoms with Gasteiger partial charge in [-0.2, -0.15) is 0 Å². The van der Waals surface area contributed by atoms with Crippen molar-refractivity contribution in [1.29, 1.82) is 0 Å². The van der Waals surface area contributed by atoms with E-state index in [-0.39, 0.29) is 23.9 Å². The van der Waals surface area contributed by atoms with E-state index < -0.39 is 4.92 Å². The summed E-state index contributed by atoms with van der Waals surface area (Å²) in [5, 5.41) is 13.8. The lowest BCUT2D eigenvalue weighted by molar-refractivity contribution is -0.384. The second kappa shape index (κ2) is 7.94. The summed E-state index contributed by atoms with van der Waals surface area (Å²) < 4.78 is 11.4. The third-order valence-corrected chi connectivity index (χ3v) is 4.51. The first-order valence-electron chi connectivity index (χ1n) is 8.59. The zero-order valence-electron chi connectivity index (χ0n) is 15.1. The highest BCUT2D eigenvalue weighted by Gasteiger charge is 2.23. The van der Waals surface area contributed by atoms with Crippen LogP contribution >= 0.6 is 0 Å². The quantitative estimate of drug-likeness (QED) is 0.644. The van der Waals surface area contributed by atoms with Gasteiger partial charge in [0.15, 0.2) is 17.6 Å². The number of hydrogen-bond acceptors (Lipinski definition) is 5. The molecule has 0 aromatic heterocycles. The van der Waals surface area contributed by atoms with Crippen LogP contribution in [0.3, 0.4) is 0 Å². The van der Waals surface area contributed by atoms with E-state index in [1.165, 1.54) is 17.0 Å². The van der Waals surface area contributed by atoms with Crippen molar-refractivity contribution in [3.63, 3.8) is 0 Å². The number of benzene rings is 2. The number of nitro benzene ring substituents is 1. The molecule has 2 atom stereocenters. The zero-order valence-corrected chi connectivity index (χ0v) is 15.1. The summed E-state index contributed by atoms with van der Waals surface area (Å²) >= 11 is 0. The maximum atomic E-state index is 12.4. The monoisotopic (exact) mass is 371 g/mol. The summed E-state index contributed by atoms with van der Waals surface area (Å²) in [5.74, 6) is 1.35. The molecule has 1 aliphatic rings. The van der Waals surface area contributed by atoms with Crippen molar-refractivity contribution in [2.75, 3.05) is 20.2 Å². The highest BCUT2D eigenvalue weighted by molar-refractivity contribution is 5.74. The van der Waals surface area contributed by atoms with Crippen molar-refractivity contribution in [3.8, 4) is 11.5 Å². The molecule has 0 spiro atoms. The van der Waals surface area contributed by atoms with Gasteiger partial charge in [-0.1, -0.05) is 24.3 Å². The molecule has 2 aromatic rings. The van der Waals surface area contributed by atoms with E-state index in [0.29, 0.717) is 30.2 Å². The van der Waals surface area contributed by atoms with Gasteiger partial charge in [-0.3, -0.25) is 10.1 Å². The van der Waals surface area contributed by atoms with Crippen LogP contribution in [0.15, 0.2) is 48.5 Å². The number of hydrogen-bond donors (Lipinski definition) is 1. The molecule has 0 unspecified atom stereocenters. The molecule has 1 aliphatic heterocycles. The fraction of sp³-hybridized carbons (Fsp3) is 0.316. The SMILES string of the molecule is C[C@@H](c1cccc([N+](=O)[O-])c1)N(C)C(=O)NC[C@H]1COc2ccccc2O1. The first-order valence-corrected chi connectivity index (χ1v) is 8.59. The number of nitro groups is 1. The van der Waals surface area contributed by atoms with Gasteiger partial charge in [-0.15, -0.1) is 0 Å². The molecular weight excluding hydrogens is 350 g/mol. The molecule has 2 aromatic carbocycles. The van der Waals surface area contributed by atoms with Crippen molar-refractivity contribution in [1.82, 2.24) is 10.2 Å². The number of ether oxygens (including phenoxy) is 2. The Morgan fingerprint density at radius 1 is 1.30 bits per heavy atom. The number of nitrogens with one attached hydrogen (secondary N) is 1. The Bertz CT molecular complexity index is 842. The Morgan fingerprint density at radius 3 is 2.78 bits per heavy atom. The fourth-order valence-electron chi connectivity index (χ4n) is 2.79. The highest BCUT2D eigenvalue weighted by Crippen LogP contribution is 2.30. The van der Waals surface area contributed by atoms with E-state index in [2.05, 4.69) is 5.32 Å². The number of fused-ring (bicyclic) bond motifs is 1. The molecule has 0 saturated heterocycles. The Balaban J connectivity index is 1.56. The molecule has 142 valence electrons. The number of rotatable bonds is 5. The van der Waals surface area contributed by atoms with Gasteiger partial charge >= 0.3 is 6.03 Å². The van der Waals surface area contributed by atoms with Gasteiger partial charge in [0, 0.05) is 19.2 Å². The van der Waals surface area contributed by atoms with Crippen LogP contribution in [0.5, 0.6) is 11.5 Å². The second-order valence-electron chi connectivity index (χ2n) is 6.32. The molecule has 0 radical (unpaired) electrons. The standard InChI is InChI=1S/C19H21N3O5/c1-13(14-6-5-7-15(10-14)22(24)25)21(2)19(23)20-11-16-12-26-17-8-3-4-9-18(17)27-16/h3-10,13,16H,11-12H2,1-2H3,(H,20,23)/t13-,16-/m0/s1. The van der Waals surface area contributed by atoms with Crippen LogP contribution in [-0.4, -0.2) is 42.2 Å². The summed E-state index contributed by atoms with van der Waals surface area (Å²) in [5.41, 5.74) is 0.688. The fourth-order valence-corrected chi connectivity index (χ4v) is 2.79. The molecule has 3 rings (SSSR count). The van der Waals surface area contributed by atoms with Crippen LogP contribution in [0.25, 0.3) is 0 Å². The van der Waals surface area contributed by atoms with Crippen LogP contribution in [0.2, 0.25) is 0 Å². The van der Waals surface area contributed by atoms with E-state index in [9.17, 15) is 14.9 Å². The molecule has 0 aliphatic carbocycles. The lowest BCUT2D eigenvalue weighted by atomic mass is 10.1. The topological polar surface area (TPSA) is 93.9 Å². The molecule has 27 heavy (non-hydrogen) atoms. The molecule has 8 heteroatoms. The predicted molar refractivity (Wildman–Crippen MR) is 99.0 cm³/mol. The summed E-state index contributed by atoms with van der Waals surface area (Å²) in [6, 6.07) is 13.0. The Hall–Kier alpha value is -3.29. The van der Waals surface area contributed by atoms with Gasteiger partial charge in [0.05, 0.1) is 17.5 Å². The number of amides is 2. The highest BCUT2D eigenvalue weighted by atomic mass is 16.6. The first kappa shape index (κ1) is 18.5.